The topological polar surface area (TPSA) is 94.0 Å². The average Bonchev–Trinajstić information content (AvgIpc) is 3.40. The van der Waals surface area contributed by atoms with Crippen LogP contribution >= 0.6 is 11.6 Å². The highest BCUT2D eigenvalue weighted by Gasteiger charge is 2.21. The van der Waals surface area contributed by atoms with Crippen LogP contribution in [0.25, 0.3) is 11.2 Å². The van der Waals surface area contributed by atoms with Crippen LogP contribution in [0.15, 0.2) is 30.6 Å². The van der Waals surface area contributed by atoms with E-state index in [0.29, 0.717) is 41.8 Å². The number of carbonyl (C=O) groups is 1. The fourth-order valence-electron chi connectivity index (χ4n) is 3.66. The number of halogens is 1. The highest BCUT2D eigenvalue weighted by Crippen LogP contribution is 2.32. The molecule has 1 aliphatic rings. The molecule has 152 valence electrons. The Hall–Kier alpha value is -2.87. The second kappa shape index (κ2) is 8.65. The highest BCUT2D eigenvalue weighted by molar-refractivity contribution is 6.28. The Labute approximate surface area is 173 Å². The van der Waals surface area contributed by atoms with Crippen molar-refractivity contribution in [2.24, 2.45) is 0 Å². The molecular weight excluding hydrogens is 392 g/mol. The maximum Gasteiger partial charge on any atom is 0.251 e. The molecule has 1 aliphatic carbocycles. The van der Waals surface area contributed by atoms with E-state index in [-0.39, 0.29) is 11.2 Å². The van der Waals surface area contributed by atoms with Gasteiger partial charge in [0.25, 0.3) is 5.91 Å². The van der Waals surface area contributed by atoms with Gasteiger partial charge in [0.15, 0.2) is 17.0 Å². The van der Waals surface area contributed by atoms with Crippen LogP contribution in [-0.4, -0.2) is 45.6 Å². The maximum absolute atomic E-state index is 12.2. The summed E-state index contributed by atoms with van der Waals surface area (Å²) < 4.78 is 7.21. The van der Waals surface area contributed by atoms with Gasteiger partial charge in [0.1, 0.15) is 5.75 Å². The largest absolute Gasteiger partial charge is 0.497 e. The molecule has 9 heteroatoms. The minimum Gasteiger partial charge on any atom is -0.497 e. The monoisotopic (exact) mass is 414 g/mol. The zero-order valence-corrected chi connectivity index (χ0v) is 16.9. The Kier molecular flexibility index (Phi) is 5.80. The first kappa shape index (κ1) is 19.4. The molecular formula is C20H23ClN6O2. The number of nitrogens with one attached hydrogen (secondary N) is 2. The number of ether oxygens (including phenoxy) is 1. The van der Waals surface area contributed by atoms with Crippen LogP contribution in [0.3, 0.4) is 0 Å². The van der Waals surface area contributed by atoms with Crippen molar-refractivity contribution in [3.8, 4) is 5.75 Å². The first-order valence-corrected chi connectivity index (χ1v) is 10.1. The molecule has 0 atom stereocenters. The van der Waals surface area contributed by atoms with Crippen molar-refractivity contribution >= 4 is 34.5 Å². The molecule has 0 bridgehead atoms. The van der Waals surface area contributed by atoms with E-state index in [1.165, 1.54) is 12.8 Å². The summed E-state index contributed by atoms with van der Waals surface area (Å²) >= 11 is 6.14. The number of aromatic nitrogens is 4. The number of nitrogens with zero attached hydrogens (tertiary/aromatic N) is 4. The van der Waals surface area contributed by atoms with E-state index in [1.807, 2.05) is 6.33 Å². The van der Waals surface area contributed by atoms with E-state index in [1.54, 1.807) is 31.4 Å². The number of methoxy groups -OCH3 is 1. The quantitative estimate of drug-likeness (QED) is 0.454. The number of hydrogen-bond donors (Lipinski definition) is 2. The van der Waals surface area contributed by atoms with E-state index >= 15 is 0 Å². The third-order valence-corrected chi connectivity index (χ3v) is 5.34. The van der Waals surface area contributed by atoms with Gasteiger partial charge >= 0.3 is 0 Å². The first-order chi connectivity index (χ1) is 14.2. The second-order valence-electron chi connectivity index (χ2n) is 7.01. The van der Waals surface area contributed by atoms with Gasteiger partial charge in [-0.1, -0.05) is 12.8 Å². The molecule has 0 unspecified atom stereocenters. The van der Waals surface area contributed by atoms with Crippen LogP contribution in [0.4, 0.5) is 5.82 Å². The second-order valence-corrected chi connectivity index (χ2v) is 7.35. The minimum absolute atomic E-state index is 0.147. The summed E-state index contributed by atoms with van der Waals surface area (Å²) in [7, 11) is 1.59. The van der Waals surface area contributed by atoms with E-state index < -0.39 is 0 Å². The lowest BCUT2D eigenvalue weighted by Gasteiger charge is -2.12. The molecule has 0 aliphatic heterocycles. The summed E-state index contributed by atoms with van der Waals surface area (Å²) in [5, 5.41) is 6.27. The van der Waals surface area contributed by atoms with Crippen LogP contribution < -0.4 is 15.4 Å². The van der Waals surface area contributed by atoms with Crippen LogP contribution in [0.5, 0.6) is 5.75 Å². The third-order valence-electron chi connectivity index (χ3n) is 5.17. The van der Waals surface area contributed by atoms with Crippen molar-refractivity contribution < 1.29 is 9.53 Å². The molecule has 0 spiro atoms. The third kappa shape index (κ3) is 4.27. The van der Waals surface area contributed by atoms with Crippen LogP contribution in [0.1, 0.15) is 42.1 Å². The summed E-state index contributed by atoms with van der Waals surface area (Å²) in [5.74, 6) is 1.14. The van der Waals surface area contributed by atoms with Crippen molar-refractivity contribution in [1.29, 1.82) is 0 Å². The van der Waals surface area contributed by atoms with Gasteiger partial charge in [-0.2, -0.15) is 9.97 Å². The fourth-order valence-corrected chi connectivity index (χ4v) is 3.83. The molecule has 8 nitrogen and oxygen atoms in total. The first-order valence-electron chi connectivity index (χ1n) is 9.72. The molecule has 1 fully saturated rings. The van der Waals surface area contributed by atoms with Gasteiger partial charge in [-0.3, -0.25) is 4.79 Å². The molecule has 2 N–H and O–H groups in total. The SMILES string of the molecule is COc1ccc(C(=O)NCCNc2nc(Cl)nc3c2ncn3C2CCCC2)cc1. The van der Waals surface area contributed by atoms with Gasteiger partial charge in [0.05, 0.1) is 13.4 Å². The highest BCUT2D eigenvalue weighted by atomic mass is 35.5. The Morgan fingerprint density at radius 1 is 1.21 bits per heavy atom. The lowest BCUT2D eigenvalue weighted by molar-refractivity contribution is 0.0955. The van der Waals surface area contributed by atoms with Crippen molar-refractivity contribution in [2.45, 2.75) is 31.7 Å². The molecule has 0 saturated heterocycles. The van der Waals surface area contributed by atoms with Crippen LogP contribution in [0, 0.1) is 0 Å². The number of imidazole rings is 1. The van der Waals surface area contributed by atoms with Gasteiger partial charge in [-0.15, -0.1) is 0 Å². The molecule has 1 saturated carbocycles. The molecule has 1 amide bonds. The lowest BCUT2D eigenvalue weighted by Crippen LogP contribution is -2.28. The Morgan fingerprint density at radius 2 is 1.97 bits per heavy atom. The van der Waals surface area contributed by atoms with Gasteiger partial charge in [0.2, 0.25) is 5.28 Å². The normalized spacial score (nSPS) is 14.3. The summed E-state index contributed by atoms with van der Waals surface area (Å²) in [6, 6.07) is 7.39. The molecule has 4 rings (SSSR count). The van der Waals surface area contributed by atoms with Gasteiger partial charge in [-0.05, 0) is 48.7 Å². The van der Waals surface area contributed by atoms with E-state index in [2.05, 4.69) is 30.2 Å². The summed E-state index contributed by atoms with van der Waals surface area (Å²) in [5.41, 5.74) is 2.03. The minimum atomic E-state index is -0.147. The predicted octanol–water partition coefficient (Wildman–Crippen LogP) is 3.45. The molecule has 3 aromatic rings. The van der Waals surface area contributed by atoms with E-state index in [4.69, 9.17) is 16.3 Å². The molecule has 1 aromatic carbocycles. The van der Waals surface area contributed by atoms with Crippen LogP contribution in [-0.2, 0) is 0 Å². The van der Waals surface area contributed by atoms with E-state index in [9.17, 15) is 4.79 Å². The molecule has 0 radical (unpaired) electrons. The van der Waals surface area contributed by atoms with Gasteiger partial charge in [0, 0.05) is 24.7 Å². The lowest BCUT2D eigenvalue weighted by atomic mass is 10.2. The zero-order valence-electron chi connectivity index (χ0n) is 16.2. The van der Waals surface area contributed by atoms with Crippen molar-refractivity contribution in [3.05, 3.63) is 41.4 Å². The number of benzene rings is 1. The number of carbonyl (C=O) groups excluding carboxylic acids is 1. The van der Waals surface area contributed by atoms with Crippen molar-refractivity contribution in [3.63, 3.8) is 0 Å². The maximum atomic E-state index is 12.2. The van der Waals surface area contributed by atoms with Crippen molar-refractivity contribution in [1.82, 2.24) is 24.8 Å². The van der Waals surface area contributed by atoms with Crippen LogP contribution in [0.2, 0.25) is 5.28 Å². The average molecular weight is 415 g/mol. The predicted molar refractivity (Wildman–Crippen MR) is 112 cm³/mol. The summed E-state index contributed by atoms with van der Waals surface area (Å²) in [6.45, 7) is 0.915. The summed E-state index contributed by atoms with van der Waals surface area (Å²) in [4.78, 5) is 25.4. The number of rotatable bonds is 7. The fraction of sp³-hybridized carbons (Fsp3) is 0.400. The van der Waals surface area contributed by atoms with Gasteiger partial charge in [-0.25, -0.2) is 4.98 Å². The molecule has 29 heavy (non-hydrogen) atoms. The smallest absolute Gasteiger partial charge is 0.251 e. The zero-order chi connectivity index (χ0) is 20.2. The molecule has 2 aromatic heterocycles. The van der Waals surface area contributed by atoms with Gasteiger partial charge < -0.3 is 19.9 Å². The Bertz CT molecular complexity index is 998. The molecule has 2 heterocycles. The number of anilines is 1. The Balaban J connectivity index is 1.38. The standard InChI is InChI=1S/C20H23ClN6O2/c1-29-15-8-6-13(7-9-15)19(28)23-11-10-22-17-16-18(26-20(21)25-17)27(12-24-16)14-4-2-3-5-14/h6-9,12,14H,2-5,10-11H2,1H3,(H,23,28)(H,22,25,26). The summed E-state index contributed by atoms with van der Waals surface area (Å²) in [6.07, 6.45) is 6.53. The van der Waals surface area contributed by atoms with E-state index in [0.717, 1.165) is 18.5 Å². The number of fused-ring (bicyclic) bond motifs is 1. The number of hydrogen-bond acceptors (Lipinski definition) is 6. The Morgan fingerprint density at radius 3 is 2.69 bits per heavy atom. The number of amides is 1. The van der Waals surface area contributed by atoms with Crippen molar-refractivity contribution in [2.75, 3.05) is 25.5 Å².